The van der Waals surface area contributed by atoms with Gasteiger partial charge in [0.15, 0.2) is 11.2 Å². The third-order valence-corrected chi connectivity index (χ3v) is 7.81. The molecule has 1 aromatic carbocycles. The Hall–Kier alpha value is -3.49. The number of allylic oxidation sites excluding steroid dienone is 3. The van der Waals surface area contributed by atoms with Crippen molar-refractivity contribution in [1.82, 2.24) is 5.32 Å². The van der Waals surface area contributed by atoms with Crippen molar-refractivity contribution in [3.05, 3.63) is 90.7 Å². The molecule has 186 valence electrons. The fraction of sp³-hybridized carbons (Fsp3) is 0.321. The normalized spacial score (nSPS) is 19.9. The molecule has 0 unspecified atom stereocenters. The fourth-order valence-electron chi connectivity index (χ4n) is 5.10. The van der Waals surface area contributed by atoms with Crippen LogP contribution in [-0.4, -0.2) is 32.1 Å². The number of esters is 1. The van der Waals surface area contributed by atoms with E-state index in [0.717, 1.165) is 16.1 Å². The molecule has 1 aliphatic carbocycles. The van der Waals surface area contributed by atoms with Gasteiger partial charge < -0.3 is 19.2 Å². The number of ether oxygens (including phenoxy) is 2. The molecule has 3 aromatic rings. The van der Waals surface area contributed by atoms with E-state index in [2.05, 4.69) is 5.32 Å². The summed E-state index contributed by atoms with van der Waals surface area (Å²) < 4.78 is 16.3. The number of Topliss-reactive ketones (excluding diaryl/α,β-unsaturated/α-hetero) is 1. The van der Waals surface area contributed by atoms with Gasteiger partial charge in [-0.3, -0.25) is 9.59 Å². The number of hydrogen-bond acceptors (Lipinski definition) is 8. The van der Waals surface area contributed by atoms with Gasteiger partial charge in [0, 0.05) is 46.9 Å². The summed E-state index contributed by atoms with van der Waals surface area (Å²) in [6.07, 6.45) is 2.30. The highest BCUT2D eigenvalue weighted by Gasteiger charge is 2.43. The summed E-state index contributed by atoms with van der Waals surface area (Å²) in [5.41, 5.74) is 3.34. The van der Waals surface area contributed by atoms with E-state index in [0.29, 0.717) is 35.1 Å². The number of nitrogens with one attached hydrogen (secondary N) is 1. The number of methoxy groups -OCH3 is 1. The van der Waals surface area contributed by atoms with Crippen LogP contribution in [0.3, 0.4) is 0 Å². The standard InChI is InChI=1S/C28H27NO6S/c1-15-6-7-22-18(11-15)27(31)19(14-35-22)25-24(28(32)34-9-8-33-3)16(2)29-20-12-17(13-21(30)26(20)25)23-5-4-10-36-23/h4-7,10-11,14,17,25,29H,8-9,12-13H2,1-3H3/t17-,25-/m1/s1. The summed E-state index contributed by atoms with van der Waals surface area (Å²) in [6, 6.07) is 9.41. The van der Waals surface area contributed by atoms with E-state index in [4.69, 9.17) is 13.9 Å². The van der Waals surface area contributed by atoms with Crippen LogP contribution in [0, 0.1) is 6.92 Å². The molecule has 2 aromatic heterocycles. The van der Waals surface area contributed by atoms with Crippen LogP contribution in [-0.2, 0) is 19.1 Å². The highest BCUT2D eigenvalue weighted by atomic mass is 32.1. The molecule has 0 saturated carbocycles. The Morgan fingerprint density at radius 2 is 2.00 bits per heavy atom. The number of benzene rings is 1. The minimum absolute atomic E-state index is 0.0445. The van der Waals surface area contributed by atoms with E-state index in [1.807, 2.05) is 30.5 Å². The summed E-state index contributed by atoms with van der Waals surface area (Å²) in [4.78, 5) is 41.8. The Bertz CT molecular complexity index is 1460. The summed E-state index contributed by atoms with van der Waals surface area (Å²) in [5.74, 6) is -1.52. The molecule has 0 radical (unpaired) electrons. The molecular weight excluding hydrogens is 478 g/mol. The lowest BCUT2D eigenvalue weighted by Gasteiger charge is -2.36. The van der Waals surface area contributed by atoms with E-state index < -0.39 is 11.9 Å². The topological polar surface area (TPSA) is 94.8 Å². The number of fused-ring (bicyclic) bond motifs is 1. The molecule has 5 rings (SSSR count). The van der Waals surface area contributed by atoms with Crippen molar-refractivity contribution in [3.8, 4) is 0 Å². The average Bonchev–Trinajstić information content (AvgIpc) is 3.39. The highest BCUT2D eigenvalue weighted by Crippen LogP contribution is 2.45. The van der Waals surface area contributed by atoms with Crippen LogP contribution in [0.1, 0.15) is 47.6 Å². The Morgan fingerprint density at radius 3 is 2.75 bits per heavy atom. The zero-order chi connectivity index (χ0) is 25.4. The van der Waals surface area contributed by atoms with Crippen LogP contribution < -0.4 is 10.7 Å². The molecule has 8 heteroatoms. The average molecular weight is 506 g/mol. The molecule has 7 nitrogen and oxygen atoms in total. The van der Waals surface area contributed by atoms with Gasteiger partial charge in [-0.05, 0) is 43.8 Å². The summed E-state index contributed by atoms with van der Waals surface area (Å²) >= 11 is 1.63. The monoisotopic (exact) mass is 505 g/mol. The van der Waals surface area contributed by atoms with Crippen LogP contribution in [0.4, 0.5) is 0 Å². The molecule has 0 bridgehead atoms. The van der Waals surface area contributed by atoms with E-state index in [9.17, 15) is 14.4 Å². The lowest BCUT2D eigenvalue weighted by molar-refractivity contribution is -0.140. The van der Waals surface area contributed by atoms with Crippen molar-refractivity contribution in [1.29, 1.82) is 0 Å². The van der Waals surface area contributed by atoms with Crippen molar-refractivity contribution in [2.24, 2.45) is 0 Å². The fourth-order valence-corrected chi connectivity index (χ4v) is 5.93. The summed E-state index contributed by atoms with van der Waals surface area (Å²) in [5, 5.41) is 5.72. The smallest absolute Gasteiger partial charge is 0.336 e. The SMILES string of the molecule is COCCOC(=O)C1=C(C)NC2=C(C(=O)C[C@H](c3cccs3)C2)[C@@H]1c1coc2ccc(C)cc2c1=O. The zero-order valence-electron chi connectivity index (χ0n) is 20.4. The maximum atomic E-state index is 13.7. The van der Waals surface area contributed by atoms with E-state index in [1.165, 1.54) is 13.4 Å². The number of dihydropyridines is 1. The van der Waals surface area contributed by atoms with Gasteiger partial charge >= 0.3 is 5.97 Å². The molecule has 1 aliphatic heterocycles. The van der Waals surface area contributed by atoms with Gasteiger partial charge in [-0.15, -0.1) is 11.3 Å². The largest absolute Gasteiger partial charge is 0.464 e. The molecule has 36 heavy (non-hydrogen) atoms. The minimum Gasteiger partial charge on any atom is -0.464 e. The molecule has 0 amide bonds. The first-order valence-electron chi connectivity index (χ1n) is 11.8. The minimum atomic E-state index is -0.880. The molecule has 0 saturated heterocycles. The lowest BCUT2D eigenvalue weighted by atomic mass is 9.73. The molecule has 3 heterocycles. The second kappa shape index (κ2) is 9.87. The van der Waals surface area contributed by atoms with Gasteiger partial charge in [0.05, 0.1) is 29.7 Å². The predicted octanol–water partition coefficient (Wildman–Crippen LogP) is 4.71. The van der Waals surface area contributed by atoms with Crippen molar-refractivity contribution in [2.75, 3.05) is 20.3 Å². The number of aryl methyl sites for hydroxylation is 1. The van der Waals surface area contributed by atoms with Crippen LogP contribution in [0.5, 0.6) is 0 Å². The summed E-state index contributed by atoms with van der Waals surface area (Å²) in [7, 11) is 1.52. The third kappa shape index (κ3) is 4.31. The number of ketones is 1. The van der Waals surface area contributed by atoms with Crippen molar-refractivity contribution in [2.45, 2.75) is 38.5 Å². The van der Waals surface area contributed by atoms with Crippen molar-refractivity contribution in [3.63, 3.8) is 0 Å². The van der Waals surface area contributed by atoms with Crippen molar-refractivity contribution < 1.29 is 23.5 Å². The maximum Gasteiger partial charge on any atom is 0.336 e. The molecule has 2 atom stereocenters. The third-order valence-electron chi connectivity index (χ3n) is 6.78. The number of rotatable bonds is 6. The number of thiophene rings is 1. The van der Waals surface area contributed by atoms with Crippen LogP contribution in [0.15, 0.2) is 73.7 Å². The van der Waals surface area contributed by atoms with E-state index in [1.54, 1.807) is 30.4 Å². The highest BCUT2D eigenvalue weighted by molar-refractivity contribution is 7.10. The first-order valence-corrected chi connectivity index (χ1v) is 12.7. The van der Waals surface area contributed by atoms with Crippen LogP contribution in [0.2, 0.25) is 0 Å². The first kappa shape index (κ1) is 24.2. The van der Waals surface area contributed by atoms with Gasteiger partial charge in [-0.25, -0.2) is 4.79 Å². The molecule has 0 spiro atoms. The summed E-state index contributed by atoms with van der Waals surface area (Å²) in [6.45, 7) is 3.97. The molecule has 2 aliphatic rings. The Labute approximate surface area is 212 Å². The number of carbonyl (C=O) groups is 2. The van der Waals surface area contributed by atoms with Crippen LogP contribution in [0.25, 0.3) is 11.0 Å². The quantitative estimate of drug-likeness (QED) is 0.383. The van der Waals surface area contributed by atoms with E-state index in [-0.39, 0.29) is 41.5 Å². The lowest BCUT2D eigenvalue weighted by Crippen LogP contribution is -2.37. The second-order valence-electron chi connectivity index (χ2n) is 9.18. The second-order valence-corrected chi connectivity index (χ2v) is 10.2. The van der Waals surface area contributed by atoms with Crippen LogP contribution >= 0.6 is 11.3 Å². The zero-order valence-corrected chi connectivity index (χ0v) is 21.2. The molecule has 0 fully saturated rings. The Balaban J connectivity index is 1.66. The molecular formula is C28H27NO6S. The first-order chi connectivity index (χ1) is 17.4. The van der Waals surface area contributed by atoms with Gasteiger partial charge in [0.1, 0.15) is 12.2 Å². The maximum absolute atomic E-state index is 13.7. The predicted molar refractivity (Wildman–Crippen MR) is 137 cm³/mol. The van der Waals surface area contributed by atoms with Gasteiger partial charge in [0.2, 0.25) is 0 Å². The molecule has 1 N–H and O–H groups in total. The van der Waals surface area contributed by atoms with E-state index >= 15 is 0 Å². The number of carbonyl (C=O) groups excluding carboxylic acids is 2. The van der Waals surface area contributed by atoms with Crippen molar-refractivity contribution >= 4 is 34.1 Å². The Kier molecular flexibility index (Phi) is 6.64. The van der Waals surface area contributed by atoms with Gasteiger partial charge in [-0.2, -0.15) is 0 Å². The van der Waals surface area contributed by atoms with Gasteiger partial charge in [0.25, 0.3) is 0 Å². The Morgan fingerprint density at radius 1 is 1.17 bits per heavy atom. The van der Waals surface area contributed by atoms with Gasteiger partial charge in [-0.1, -0.05) is 17.7 Å². The number of hydrogen-bond donors (Lipinski definition) is 1.